The normalized spacial score (nSPS) is 11.6. The molecule has 0 bridgehead atoms. The second kappa shape index (κ2) is 8.83. The summed E-state index contributed by atoms with van der Waals surface area (Å²) in [5.41, 5.74) is 2.44. The first kappa shape index (κ1) is 21.8. The lowest BCUT2D eigenvalue weighted by molar-refractivity contribution is 0.484. The number of fused-ring (bicyclic) bond motifs is 1. The number of aromatic nitrogens is 3. The SMILES string of the molecule is O=S(=O)(c1ccccc1)n1cc(-c2cnco2)c2cc(-c3ccccc3Oc3ccccc3)cnc21. The van der Waals surface area contributed by atoms with E-state index in [0.717, 1.165) is 11.1 Å². The number of pyridine rings is 1. The van der Waals surface area contributed by atoms with E-state index in [1.807, 2.05) is 60.7 Å². The zero-order chi connectivity index (χ0) is 24.5. The van der Waals surface area contributed by atoms with Crippen LogP contribution in [0.4, 0.5) is 0 Å². The van der Waals surface area contributed by atoms with Crippen molar-refractivity contribution >= 4 is 21.1 Å². The number of nitrogens with zero attached hydrogens (tertiary/aromatic N) is 3. The molecule has 3 heterocycles. The summed E-state index contributed by atoms with van der Waals surface area (Å²) in [6.07, 6.45) is 6.03. The van der Waals surface area contributed by atoms with Crippen LogP contribution in [0, 0.1) is 0 Å². The molecule has 0 N–H and O–H groups in total. The van der Waals surface area contributed by atoms with Crippen molar-refractivity contribution in [3.05, 3.63) is 116 Å². The Balaban J connectivity index is 1.53. The Labute approximate surface area is 207 Å². The molecule has 0 unspecified atom stereocenters. The highest BCUT2D eigenvalue weighted by molar-refractivity contribution is 7.90. The van der Waals surface area contributed by atoms with E-state index in [2.05, 4.69) is 9.97 Å². The van der Waals surface area contributed by atoms with Crippen molar-refractivity contribution in [1.82, 2.24) is 13.9 Å². The van der Waals surface area contributed by atoms with Gasteiger partial charge < -0.3 is 9.15 Å². The molecule has 3 aromatic carbocycles. The molecule has 0 aliphatic heterocycles. The van der Waals surface area contributed by atoms with E-state index in [1.165, 1.54) is 16.6 Å². The molecule has 0 atom stereocenters. The summed E-state index contributed by atoms with van der Waals surface area (Å²) in [6.45, 7) is 0. The first-order valence-electron chi connectivity index (χ1n) is 11.1. The van der Waals surface area contributed by atoms with Crippen molar-refractivity contribution in [2.75, 3.05) is 0 Å². The highest BCUT2D eigenvalue weighted by Crippen LogP contribution is 2.38. The predicted octanol–water partition coefficient (Wildman–Crippen LogP) is 6.39. The minimum absolute atomic E-state index is 0.165. The summed E-state index contributed by atoms with van der Waals surface area (Å²) in [4.78, 5) is 8.77. The first-order chi connectivity index (χ1) is 17.6. The number of oxazole rings is 1. The average Bonchev–Trinajstić information content (AvgIpc) is 3.58. The molecular weight excluding hydrogens is 474 g/mol. The Morgan fingerprint density at radius 2 is 1.53 bits per heavy atom. The molecule has 0 fully saturated rings. The van der Waals surface area contributed by atoms with Gasteiger partial charge in [-0.25, -0.2) is 22.4 Å². The minimum Gasteiger partial charge on any atom is -0.457 e. The third-order valence-corrected chi connectivity index (χ3v) is 7.44. The van der Waals surface area contributed by atoms with Crippen molar-refractivity contribution in [1.29, 1.82) is 0 Å². The molecule has 6 rings (SSSR count). The summed E-state index contributed by atoms with van der Waals surface area (Å²) in [5.74, 6) is 1.80. The van der Waals surface area contributed by atoms with Gasteiger partial charge in [-0.05, 0) is 36.4 Å². The van der Waals surface area contributed by atoms with E-state index >= 15 is 0 Å². The molecule has 7 nitrogen and oxygen atoms in total. The van der Waals surface area contributed by atoms with E-state index in [-0.39, 0.29) is 10.5 Å². The highest BCUT2D eigenvalue weighted by Gasteiger charge is 2.24. The molecule has 0 saturated carbocycles. The van der Waals surface area contributed by atoms with Crippen LogP contribution in [0.2, 0.25) is 0 Å². The van der Waals surface area contributed by atoms with Gasteiger partial charge >= 0.3 is 0 Å². The molecule has 0 amide bonds. The number of para-hydroxylation sites is 2. The van der Waals surface area contributed by atoms with Crippen molar-refractivity contribution in [2.45, 2.75) is 4.90 Å². The molecule has 0 aliphatic carbocycles. The topological polar surface area (TPSA) is 87.2 Å². The van der Waals surface area contributed by atoms with Crippen LogP contribution in [0.1, 0.15) is 0 Å². The van der Waals surface area contributed by atoms with Crippen molar-refractivity contribution < 1.29 is 17.6 Å². The Bertz CT molecular complexity index is 1760. The lowest BCUT2D eigenvalue weighted by Gasteiger charge is -2.12. The van der Waals surface area contributed by atoms with E-state index in [9.17, 15) is 8.42 Å². The lowest BCUT2D eigenvalue weighted by Crippen LogP contribution is -2.12. The molecule has 6 aromatic rings. The van der Waals surface area contributed by atoms with Gasteiger partial charge in [0.2, 0.25) is 0 Å². The Hall–Kier alpha value is -4.69. The third kappa shape index (κ3) is 3.83. The second-order valence-corrected chi connectivity index (χ2v) is 9.84. The molecule has 0 aliphatic rings. The smallest absolute Gasteiger partial charge is 0.269 e. The van der Waals surface area contributed by atoms with Crippen LogP contribution in [0.25, 0.3) is 33.5 Å². The van der Waals surface area contributed by atoms with Crippen LogP contribution in [0.15, 0.2) is 125 Å². The Kier molecular flexibility index (Phi) is 5.35. The van der Waals surface area contributed by atoms with Crippen molar-refractivity contribution in [2.24, 2.45) is 0 Å². The maximum atomic E-state index is 13.5. The number of hydrogen-bond donors (Lipinski definition) is 0. The van der Waals surface area contributed by atoms with Crippen LogP contribution in [0.5, 0.6) is 11.5 Å². The fourth-order valence-corrected chi connectivity index (χ4v) is 5.42. The summed E-state index contributed by atoms with van der Waals surface area (Å²) >= 11 is 0. The second-order valence-electron chi connectivity index (χ2n) is 8.03. The van der Waals surface area contributed by atoms with Gasteiger partial charge in [0.1, 0.15) is 11.5 Å². The maximum absolute atomic E-state index is 13.5. The quantitative estimate of drug-likeness (QED) is 0.267. The molecule has 0 spiro atoms. The zero-order valence-corrected chi connectivity index (χ0v) is 19.7. The van der Waals surface area contributed by atoms with Crippen LogP contribution >= 0.6 is 0 Å². The summed E-state index contributed by atoms with van der Waals surface area (Å²) in [6, 6.07) is 27.3. The van der Waals surface area contributed by atoms with Gasteiger partial charge in [-0.15, -0.1) is 0 Å². The van der Waals surface area contributed by atoms with Crippen molar-refractivity contribution in [3.8, 4) is 33.9 Å². The van der Waals surface area contributed by atoms with E-state index < -0.39 is 10.0 Å². The predicted molar refractivity (Wildman–Crippen MR) is 136 cm³/mol. The maximum Gasteiger partial charge on any atom is 0.269 e. The molecule has 0 radical (unpaired) electrons. The summed E-state index contributed by atoms with van der Waals surface area (Å²) in [5, 5.41) is 0.610. The van der Waals surface area contributed by atoms with Crippen LogP contribution < -0.4 is 4.74 Å². The minimum atomic E-state index is -3.89. The Morgan fingerprint density at radius 1 is 0.806 bits per heavy atom. The fraction of sp³-hybridized carbons (Fsp3) is 0. The molecular formula is C28H19N3O4S. The van der Waals surface area contributed by atoms with Crippen LogP contribution in [-0.4, -0.2) is 22.4 Å². The fourth-order valence-electron chi connectivity index (χ4n) is 4.07. The molecule has 176 valence electrons. The largest absolute Gasteiger partial charge is 0.457 e. The number of benzene rings is 3. The van der Waals surface area contributed by atoms with E-state index in [0.29, 0.717) is 28.2 Å². The lowest BCUT2D eigenvalue weighted by atomic mass is 10.0. The zero-order valence-electron chi connectivity index (χ0n) is 18.9. The van der Waals surface area contributed by atoms with Gasteiger partial charge in [0.25, 0.3) is 10.0 Å². The monoisotopic (exact) mass is 493 g/mol. The number of hydrogen-bond acceptors (Lipinski definition) is 6. The summed E-state index contributed by atoms with van der Waals surface area (Å²) in [7, 11) is -3.89. The van der Waals surface area contributed by atoms with Gasteiger partial charge in [0, 0.05) is 34.5 Å². The summed E-state index contributed by atoms with van der Waals surface area (Å²) < 4.78 is 39.9. The highest BCUT2D eigenvalue weighted by atomic mass is 32.2. The first-order valence-corrected chi connectivity index (χ1v) is 12.6. The van der Waals surface area contributed by atoms with Gasteiger partial charge in [0.15, 0.2) is 17.8 Å². The third-order valence-electron chi connectivity index (χ3n) is 5.78. The standard InChI is InChI=1S/C28H19N3O4S/c32-36(33,22-11-5-2-6-12-22)31-18-25(27-17-29-19-34-27)24-15-20(16-30-28(24)31)23-13-7-8-14-26(23)35-21-9-3-1-4-10-21/h1-19H. The number of ether oxygens (including phenoxy) is 1. The van der Waals surface area contributed by atoms with Gasteiger partial charge in [0.05, 0.1) is 11.1 Å². The Morgan fingerprint density at radius 3 is 2.28 bits per heavy atom. The van der Waals surface area contributed by atoms with Gasteiger partial charge in [-0.2, -0.15) is 0 Å². The molecule has 3 aromatic heterocycles. The van der Waals surface area contributed by atoms with Crippen LogP contribution in [0.3, 0.4) is 0 Å². The van der Waals surface area contributed by atoms with Crippen LogP contribution in [-0.2, 0) is 10.0 Å². The van der Waals surface area contributed by atoms with E-state index in [1.54, 1.807) is 42.7 Å². The van der Waals surface area contributed by atoms with Gasteiger partial charge in [-0.3, -0.25) is 0 Å². The van der Waals surface area contributed by atoms with E-state index in [4.69, 9.17) is 9.15 Å². The van der Waals surface area contributed by atoms with Crippen molar-refractivity contribution in [3.63, 3.8) is 0 Å². The van der Waals surface area contributed by atoms with Gasteiger partial charge in [-0.1, -0.05) is 54.6 Å². The average molecular weight is 494 g/mol. The molecule has 8 heteroatoms. The molecule has 36 heavy (non-hydrogen) atoms. The molecule has 0 saturated heterocycles. The number of rotatable bonds is 6.